The first-order chi connectivity index (χ1) is 18.1. The Hall–Kier alpha value is -3.59. The van der Waals surface area contributed by atoms with E-state index in [0.717, 1.165) is 40.3 Å². The molecule has 3 aliphatic rings. The summed E-state index contributed by atoms with van der Waals surface area (Å²) in [6.45, 7) is 3.48. The molecule has 0 radical (unpaired) electrons. The molecular weight excluding hydrogens is 490 g/mol. The molecular formula is C28H31N3O5S. The molecule has 0 aliphatic carbocycles. The average molecular weight is 522 g/mol. The van der Waals surface area contributed by atoms with E-state index in [1.807, 2.05) is 46.7 Å². The van der Waals surface area contributed by atoms with E-state index in [0.29, 0.717) is 49.7 Å². The normalized spacial score (nSPS) is 17.5. The predicted octanol–water partition coefficient (Wildman–Crippen LogP) is 4.17. The number of hydrogen-bond donors (Lipinski definition) is 1. The molecule has 4 heterocycles. The van der Waals surface area contributed by atoms with Gasteiger partial charge < -0.3 is 24.4 Å². The number of carbonyl (C=O) groups is 2. The quantitative estimate of drug-likeness (QED) is 0.554. The van der Waals surface area contributed by atoms with E-state index in [4.69, 9.17) is 14.2 Å². The Morgan fingerprint density at radius 2 is 2.16 bits per heavy atom. The van der Waals surface area contributed by atoms with Crippen LogP contribution in [0.25, 0.3) is 0 Å². The minimum atomic E-state index is -0.352. The van der Waals surface area contributed by atoms with Crippen LogP contribution >= 0.6 is 11.3 Å². The summed E-state index contributed by atoms with van der Waals surface area (Å²) >= 11 is 1.53. The van der Waals surface area contributed by atoms with Crippen molar-refractivity contribution in [3.05, 3.63) is 69.2 Å². The molecule has 0 spiro atoms. The number of fused-ring (bicyclic) bond motifs is 8. The van der Waals surface area contributed by atoms with E-state index in [-0.39, 0.29) is 24.5 Å². The van der Waals surface area contributed by atoms with Crippen molar-refractivity contribution in [2.75, 3.05) is 33.4 Å². The van der Waals surface area contributed by atoms with Gasteiger partial charge in [-0.1, -0.05) is 19.1 Å². The zero-order valence-electron chi connectivity index (χ0n) is 21.1. The second-order valence-corrected chi connectivity index (χ2v) is 10.1. The van der Waals surface area contributed by atoms with Crippen LogP contribution in [-0.4, -0.2) is 55.1 Å². The van der Waals surface area contributed by atoms with Crippen molar-refractivity contribution in [1.82, 2.24) is 15.2 Å². The zero-order chi connectivity index (χ0) is 25.8. The standard InChI is InChI=1S/C28H31N3O5S/c1-3-6-26-30-22(17-37-26)28(33)31-11-9-18-14-24-23(34-2)15-21(18)27(31)19-7-4-8-20(13-19)35-12-5-10-29-25(32)16-36-24/h4,7-8,13-15,17,27H,3,5-6,9-12,16H2,1-2H3,(H,29,32). The summed E-state index contributed by atoms with van der Waals surface area (Å²) in [4.78, 5) is 32.6. The number of aromatic nitrogens is 1. The molecule has 1 N–H and O–H groups in total. The Bertz CT molecular complexity index is 1290. The number of ether oxygens (including phenoxy) is 3. The van der Waals surface area contributed by atoms with Gasteiger partial charge in [0.2, 0.25) is 0 Å². The zero-order valence-corrected chi connectivity index (χ0v) is 21.9. The van der Waals surface area contributed by atoms with Crippen LogP contribution in [0.5, 0.6) is 17.2 Å². The Labute approximate surface area is 220 Å². The second-order valence-electron chi connectivity index (χ2n) is 9.14. The maximum absolute atomic E-state index is 13.8. The number of methoxy groups -OCH3 is 1. The highest BCUT2D eigenvalue weighted by molar-refractivity contribution is 7.09. The number of carbonyl (C=O) groups excluding carboxylic acids is 2. The monoisotopic (exact) mass is 521 g/mol. The Morgan fingerprint density at radius 3 is 3.00 bits per heavy atom. The first-order valence-corrected chi connectivity index (χ1v) is 13.5. The summed E-state index contributed by atoms with van der Waals surface area (Å²) in [6.07, 6.45) is 3.16. The fraction of sp³-hybridized carbons (Fsp3) is 0.393. The third-order valence-corrected chi connectivity index (χ3v) is 7.50. The smallest absolute Gasteiger partial charge is 0.274 e. The molecule has 6 rings (SSSR count). The van der Waals surface area contributed by atoms with E-state index < -0.39 is 0 Å². The van der Waals surface area contributed by atoms with Crippen LogP contribution in [0.4, 0.5) is 0 Å². The summed E-state index contributed by atoms with van der Waals surface area (Å²) < 4.78 is 17.5. The average Bonchev–Trinajstić information content (AvgIpc) is 3.38. The van der Waals surface area contributed by atoms with Gasteiger partial charge in [-0.3, -0.25) is 9.59 Å². The molecule has 1 atom stereocenters. The Kier molecular flexibility index (Phi) is 7.60. The highest BCUT2D eigenvalue weighted by Gasteiger charge is 2.35. The van der Waals surface area contributed by atoms with Gasteiger partial charge in [-0.25, -0.2) is 4.98 Å². The number of amides is 2. The Balaban J connectivity index is 1.60. The van der Waals surface area contributed by atoms with Crippen LogP contribution in [0.3, 0.4) is 0 Å². The third kappa shape index (κ3) is 5.41. The van der Waals surface area contributed by atoms with Crippen molar-refractivity contribution in [2.24, 2.45) is 0 Å². The van der Waals surface area contributed by atoms with Gasteiger partial charge in [0.25, 0.3) is 11.8 Å². The van der Waals surface area contributed by atoms with Crippen LogP contribution in [0, 0.1) is 0 Å². The first-order valence-electron chi connectivity index (χ1n) is 12.7. The molecule has 0 saturated carbocycles. The van der Waals surface area contributed by atoms with Crippen molar-refractivity contribution in [3.8, 4) is 17.2 Å². The molecule has 9 heteroatoms. The lowest BCUT2D eigenvalue weighted by molar-refractivity contribution is -0.123. The predicted molar refractivity (Wildman–Crippen MR) is 141 cm³/mol. The van der Waals surface area contributed by atoms with Gasteiger partial charge in [0.1, 0.15) is 11.4 Å². The molecule has 6 bridgehead atoms. The first kappa shape index (κ1) is 25.1. The summed E-state index contributed by atoms with van der Waals surface area (Å²) in [5.41, 5.74) is 3.44. The molecule has 8 nitrogen and oxygen atoms in total. The SMILES string of the molecule is CCCc1nc(C(=O)N2CCc3cc4c(OC)cc3C2c2cccc(c2)OCCCNC(=O)CO4)cs1. The fourth-order valence-corrected chi connectivity index (χ4v) is 5.70. The summed E-state index contributed by atoms with van der Waals surface area (Å²) in [5, 5.41) is 5.69. The number of nitrogens with one attached hydrogen (secondary N) is 1. The maximum atomic E-state index is 13.8. The van der Waals surface area contributed by atoms with Crippen LogP contribution in [-0.2, 0) is 17.6 Å². The van der Waals surface area contributed by atoms with Crippen molar-refractivity contribution in [1.29, 1.82) is 0 Å². The number of rotatable bonds is 4. The number of nitrogens with zero attached hydrogens (tertiary/aromatic N) is 2. The summed E-state index contributed by atoms with van der Waals surface area (Å²) in [5.74, 6) is 1.47. The molecule has 2 aromatic carbocycles. The fourth-order valence-electron chi connectivity index (χ4n) is 4.82. The van der Waals surface area contributed by atoms with Crippen molar-refractivity contribution < 1.29 is 23.8 Å². The van der Waals surface area contributed by atoms with Crippen LogP contribution in [0.15, 0.2) is 41.8 Å². The largest absolute Gasteiger partial charge is 0.494 e. The number of hydrogen-bond acceptors (Lipinski definition) is 7. The molecule has 0 saturated heterocycles. The maximum Gasteiger partial charge on any atom is 0.274 e. The van der Waals surface area contributed by atoms with E-state index in [1.54, 1.807) is 7.11 Å². The van der Waals surface area contributed by atoms with Gasteiger partial charge in [0, 0.05) is 18.5 Å². The van der Waals surface area contributed by atoms with Crippen LogP contribution in [0.1, 0.15) is 58.0 Å². The van der Waals surface area contributed by atoms with Gasteiger partial charge >= 0.3 is 0 Å². The number of thiazole rings is 1. The van der Waals surface area contributed by atoms with Crippen LogP contribution in [0.2, 0.25) is 0 Å². The van der Waals surface area contributed by atoms with Crippen molar-refractivity contribution >= 4 is 23.2 Å². The highest BCUT2D eigenvalue weighted by atomic mass is 32.1. The molecule has 2 amide bonds. The van der Waals surface area contributed by atoms with E-state index >= 15 is 0 Å². The minimum absolute atomic E-state index is 0.0917. The van der Waals surface area contributed by atoms with Crippen LogP contribution < -0.4 is 19.5 Å². The Morgan fingerprint density at radius 1 is 1.27 bits per heavy atom. The van der Waals surface area contributed by atoms with E-state index in [9.17, 15) is 9.59 Å². The lowest BCUT2D eigenvalue weighted by atomic mass is 9.87. The molecule has 194 valence electrons. The van der Waals surface area contributed by atoms with Crippen molar-refractivity contribution in [3.63, 3.8) is 0 Å². The molecule has 3 aliphatic heterocycles. The van der Waals surface area contributed by atoms with E-state index in [1.165, 1.54) is 11.3 Å². The lowest BCUT2D eigenvalue weighted by Crippen LogP contribution is -2.41. The van der Waals surface area contributed by atoms with Gasteiger partial charge in [-0.05, 0) is 66.6 Å². The van der Waals surface area contributed by atoms with Gasteiger partial charge in [-0.2, -0.15) is 0 Å². The summed E-state index contributed by atoms with van der Waals surface area (Å²) in [6, 6.07) is 11.4. The highest BCUT2D eigenvalue weighted by Crippen LogP contribution is 2.42. The molecule has 37 heavy (non-hydrogen) atoms. The van der Waals surface area contributed by atoms with E-state index in [2.05, 4.69) is 17.2 Å². The molecule has 1 unspecified atom stereocenters. The molecule has 0 fully saturated rings. The topological polar surface area (TPSA) is 90.0 Å². The summed E-state index contributed by atoms with van der Waals surface area (Å²) in [7, 11) is 1.58. The molecule has 1 aromatic heterocycles. The van der Waals surface area contributed by atoms with Gasteiger partial charge in [-0.15, -0.1) is 11.3 Å². The molecule has 3 aromatic rings. The van der Waals surface area contributed by atoms with Gasteiger partial charge in [0.15, 0.2) is 18.1 Å². The third-order valence-electron chi connectivity index (χ3n) is 6.59. The minimum Gasteiger partial charge on any atom is -0.494 e. The van der Waals surface area contributed by atoms with Gasteiger partial charge in [0.05, 0.1) is 24.8 Å². The van der Waals surface area contributed by atoms with Crippen molar-refractivity contribution in [2.45, 2.75) is 38.6 Å². The second kappa shape index (κ2) is 11.2. The number of aryl methyl sites for hydroxylation is 1. The number of benzene rings is 2. The lowest BCUT2D eigenvalue weighted by Gasteiger charge is -2.38.